The summed E-state index contributed by atoms with van der Waals surface area (Å²) in [5.74, 6) is 0. The maximum absolute atomic E-state index is 4.47. The molecule has 2 heteroatoms. The number of allylic oxidation sites excluding steroid dienone is 1. The van der Waals surface area contributed by atoms with E-state index in [4.69, 9.17) is 0 Å². The van der Waals surface area contributed by atoms with E-state index < -0.39 is 0 Å². The van der Waals surface area contributed by atoms with Crippen LogP contribution in [0.25, 0.3) is 16.5 Å². The van der Waals surface area contributed by atoms with E-state index >= 15 is 0 Å². The molecule has 2 heterocycles. The van der Waals surface area contributed by atoms with Gasteiger partial charge in [0.2, 0.25) is 0 Å². The largest absolute Gasteiger partial charge is 0.360 e. The predicted octanol–water partition coefficient (Wildman–Crippen LogP) is 3.55. The Morgan fingerprint density at radius 3 is 3.00 bits per heavy atom. The van der Waals surface area contributed by atoms with Gasteiger partial charge in [0.15, 0.2) is 0 Å². The number of nitrogens with zero attached hydrogens (tertiary/aromatic N) is 1. The Bertz CT molecular complexity index is 494. The molecule has 2 nitrogen and oxygen atoms in total. The van der Waals surface area contributed by atoms with Gasteiger partial charge in [-0.2, -0.15) is 0 Å². The number of hydrogen-bond acceptors (Lipinski definition) is 1. The Morgan fingerprint density at radius 1 is 1.53 bits per heavy atom. The van der Waals surface area contributed by atoms with E-state index in [1.165, 1.54) is 10.9 Å². The van der Waals surface area contributed by atoms with E-state index in [0.29, 0.717) is 0 Å². The second-order valence-electron chi connectivity index (χ2n) is 3.92. The highest BCUT2D eigenvalue weighted by molar-refractivity contribution is 5.86. The molecule has 0 atom stereocenters. The summed E-state index contributed by atoms with van der Waals surface area (Å²) in [6, 6.07) is 2.12. The third-order valence-corrected chi connectivity index (χ3v) is 2.62. The van der Waals surface area contributed by atoms with Crippen LogP contribution in [0.5, 0.6) is 0 Å². The van der Waals surface area contributed by atoms with Gasteiger partial charge in [-0.25, -0.2) is 0 Å². The molecule has 0 amide bonds. The number of pyridine rings is 1. The Labute approximate surface area is 90.0 Å². The van der Waals surface area contributed by atoms with Crippen LogP contribution in [0, 0.1) is 0 Å². The van der Waals surface area contributed by atoms with Crippen LogP contribution in [0.4, 0.5) is 0 Å². The SMILES string of the molecule is C=C(C)c1ncc2[nH]ccc2c1CCC. The predicted molar refractivity (Wildman–Crippen MR) is 64.8 cm³/mol. The number of H-pyrrole nitrogens is 1. The quantitative estimate of drug-likeness (QED) is 0.806. The van der Waals surface area contributed by atoms with Gasteiger partial charge in [0.25, 0.3) is 0 Å². The van der Waals surface area contributed by atoms with Gasteiger partial charge in [-0.05, 0) is 30.5 Å². The van der Waals surface area contributed by atoms with Gasteiger partial charge in [-0.1, -0.05) is 19.9 Å². The van der Waals surface area contributed by atoms with Crippen LogP contribution in [0.1, 0.15) is 31.5 Å². The van der Waals surface area contributed by atoms with Gasteiger partial charge in [0, 0.05) is 11.6 Å². The second kappa shape index (κ2) is 3.89. The maximum Gasteiger partial charge on any atom is 0.0692 e. The molecule has 2 rings (SSSR count). The van der Waals surface area contributed by atoms with Crippen molar-refractivity contribution in [2.75, 3.05) is 0 Å². The molecule has 78 valence electrons. The standard InChI is InChI=1S/C13H16N2/c1-4-5-11-10-6-7-14-12(10)8-15-13(11)9(2)3/h6-8,14H,2,4-5H2,1,3H3. The lowest BCUT2D eigenvalue weighted by Gasteiger charge is -2.08. The summed E-state index contributed by atoms with van der Waals surface area (Å²) in [5.41, 5.74) is 4.54. The van der Waals surface area contributed by atoms with Crippen molar-refractivity contribution in [3.8, 4) is 0 Å². The fourth-order valence-electron chi connectivity index (χ4n) is 1.96. The van der Waals surface area contributed by atoms with Crippen molar-refractivity contribution in [3.63, 3.8) is 0 Å². The van der Waals surface area contributed by atoms with E-state index in [-0.39, 0.29) is 0 Å². The molecule has 0 fully saturated rings. The summed E-state index contributed by atoms with van der Waals surface area (Å²) >= 11 is 0. The summed E-state index contributed by atoms with van der Waals surface area (Å²) in [4.78, 5) is 7.66. The molecule has 0 unspecified atom stereocenters. The summed E-state index contributed by atoms with van der Waals surface area (Å²) in [6.45, 7) is 8.19. The Morgan fingerprint density at radius 2 is 2.33 bits per heavy atom. The van der Waals surface area contributed by atoms with Crippen molar-refractivity contribution >= 4 is 16.5 Å². The molecule has 0 aliphatic rings. The highest BCUT2D eigenvalue weighted by Crippen LogP contribution is 2.24. The van der Waals surface area contributed by atoms with Crippen molar-refractivity contribution < 1.29 is 0 Å². The van der Waals surface area contributed by atoms with Gasteiger partial charge in [0.1, 0.15) is 0 Å². The zero-order valence-corrected chi connectivity index (χ0v) is 9.30. The first-order valence-corrected chi connectivity index (χ1v) is 5.35. The molecule has 2 aromatic rings. The summed E-state index contributed by atoms with van der Waals surface area (Å²) in [7, 11) is 0. The van der Waals surface area contributed by atoms with Gasteiger partial charge in [0.05, 0.1) is 17.4 Å². The van der Waals surface area contributed by atoms with Crippen molar-refractivity contribution in [2.24, 2.45) is 0 Å². The minimum absolute atomic E-state index is 1.04. The van der Waals surface area contributed by atoms with Crippen LogP contribution in [0.15, 0.2) is 25.0 Å². The number of aromatic amines is 1. The number of fused-ring (bicyclic) bond motifs is 1. The lowest BCUT2D eigenvalue weighted by atomic mass is 10.0. The van der Waals surface area contributed by atoms with Crippen LogP contribution in [0.3, 0.4) is 0 Å². The van der Waals surface area contributed by atoms with E-state index in [1.54, 1.807) is 0 Å². The van der Waals surface area contributed by atoms with Gasteiger partial charge >= 0.3 is 0 Å². The normalized spacial score (nSPS) is 10.8. The van der Waals surface area contributed by atoms with E-state index in [1.807, 2.05) is 19.3 Å². The monoisotopic (exact) mass is 200 g/mol. The van der Waals surface area contributed by atoms with Gasteiger partial charge in [-0.3, -0.25) is 4.98 Å². The zero-order valence-electron chi connectivity index (χ0n) is 9.30. The van der Waals surface area contributed by atoms with Crippen molar-refractivity contribution in [1.82, 2.24) is 9.97 Å². The van der Waals surface area contributed by atoms with E-state index in [2.05, 4.69) is 29.5 Å². The number of nitrogens with one attached hydrogen (secondary N) is 1. The molecular formula is C13H16N2. The number of aromatic nitrogens is 2. The minimum atomic E-state index is 1.04. The third-order valence-electron chi connectivity index (χ3n) is 2.62. The molecule has 15 heavy (non-hydrogen) atoms. The third kappa shape index (κ3) is 1.67. The molecule has 0 aliphatic carbocycles. The van der Waals surface area contributed by atoms with E-state index in [0.717, 1.165) is 29.6 Å². The Kier molecular flexibility index (Phi) is 2.58. The van der Waals surface area contributed by atoms with Crippen LogP contribution < -0.4 is 0 Å². The molecule has 0 aromatic carbocycles. The highest BCUT2D eigenvalue weighted by atomic mass is 14.7. The fraction of sp³-hybridized carbons (Fsp3) is 0.308. The minimum Gasteiger partial charge on any atom is -0.360 e. The molecule has 1 N–H and O–H groups in total. The van der Waals surface area contributed by atoms with E-state index in [9.17, 15) is 0 Å². The van der Waals surface area contributed by atoms with Gasteiger partial charge in [-0.15, -0.1) is 0 Å². The molecule has 0 saturated carbocycles. The summed E-state index contributed by atoms with van der Waals surface area (Å²) in [5, 5.41) is 1.28. The molecule has 0 saturated heterocycles. The smallest absolute Gasteiger partial charge is 0.0692 e. The molecule has 0 spiro atoms. The Hall–Kier alpha value is -1.57. The number of aryl methyl sites for hydroxylation is 1. The average molecular weight is 200 g/mol. The Balaban J connectivity index is 2.69. The lowest BCUT2D eigenvalue weighted by Crippen LogP contribution is -1.96. The number of hydrogen-bond donors (Lipinski definition) is 1. The summed E-state index contributed by atoms with van der Waals surface area (Å²) < 4.78 is 0. The molecule has 0 aliphatic heterocycles. The van der Waals surface area contributed by atoms with Crippen molar-refractivity contribution in [1.29, 1.82) is 0 Å². The second-order valence-corrected chi connectivity index (χ2v) is 3.92. The molecule has 0 radical (unpaired) electrons. The first kappa shape index (κ1) is 9.97. The van der Waals surface area contributed by atoms with Crippen LogP contribution in [-0.4, -0.2) is 9.97 Å². The topological polar surface area (TPSA) is 28.7 Å². The first-order valence-electron chi connectivity index (χ1n) is 5.35. The van der Waals surface area contributed by atoms with Crippen LogP contribution in [-0.2, 0) is 6.42 Å². The summed E-state index contributed by atoms with van der Waals surface area (Å²) in [6.07, 6.45) is 6.04. The first-order chi connectivity index (χ1) is 7.24. The maximum atomic E-state index is 4.47. The van der Waals surface area contributed by atoms with Crippen LogP contribution in [0.2, 0.25) is 0 Å². The molecule has 0 bridgehead atoms. The molecule has 2 aromatic heterocycles. The highest BCUT2D eigenvalue weighted by Gasteiger charge is 2.09. The zero-order chi connectivity index (χ0) is 10.8. The lowest BCUT2D eigenvalue weighted by molar-refractivity contribution is 0.917. The van der Waals surface area contributed by atoms with Crippen molar-refractivity contribution in [3.05, 3.63) is 36.3 Å². The van der Waals surface area contributed by atoms with Gasteiger partial charge < -0.3 is 4.98 Å². The number of rotatable bonds is 3. The average Bonchev–Trinajstić information content (AvgIpc) is 2.66. The van der Waals surface area contributed by atoms with Crippen molar-refractivity contribution in [2.45, 2.75) is 26.7 Å². The molecular weight excluding hydrogens is 184 g/mol. The fourth-order valence-corrected chi connectivity index (χ4v) is 1.96. The van der Waals surface area contributed by atoms with Crippen LogP contribution >= 0.6 is 0 Å².